The van der Waals surface area contributed by atoms with Gasteiger partial charge in [-0.1, -0.05) is 13.3 Å². The van der Waals surface area contributed by atoms with Crippen LogP contribution in [0.25, 0.3) is 0 Å². The van der Waals surface area contributed by atoms with Crippen molar-refractivity contribution in [3.05, 3.63) is 17.5 Å². The maximum absolute atomic E-state index is 11.6. The molecule has 7 heteroatoms. The van der Waals surface area contributed by atoms with Gasteiger partial charge in [-0.05, 0) is 19.8 Å². The number of carbonyl (C=O) groups is 2. The lowest BCUT2D eigenvalue weighted by molar-refractivity contribution is -0.137. The lowest BCUT2D eigenvalue weighted by atomic mass is 10.2. The summed E-state index contributed by atoms with van der Waals surface area (Å²) in [5.41, 5.74) is 1.91. The Hall–Kier alpha value is -2.05. The van der Waals surface area contributed by atoms with Crippen LogP contribution in [0, 0.1) is 6.92 Å². The highest BCUT2D eigenvalue weighted by atomic mass is 16.4. The van der Waals surface area contributed by atoms with E-state index >= 15 is 0 Å². The van der Waals surface area contributed by atoms with Gasteiger partial charge in [-0.15, -0.1) is 0 Å². The fraction of sp³-hybridized carbons (Fsp3) is 0.643. The standard InChI is InChI=1S/C14H24N4O3/c1-3-4-8-18-10-12(11(2)17-18)9-16-14(21)15-7-5-6-13(19)20/h10H,3-9H2,1-2H3,(H,19,20)(H2,15,16,21). The van der Waals surface area contributed by atoms with E-state index in [4.69, 9.17) is 5.11 Å². The first kappa shape index (κ1) is 17.0. The third-order valence-corrected chi connectivity index (χ3v) is 3.08. The maximum atomic E-state index is 11.6. The number of unbranched alkanes of at least 4 members (excludes halogenated alkanes) is 1. The SMILES string of the molecule is CCCCn1cc(CNC(=O)NCCCC(=O)O)c(C)n1. The van der Waals surface area contributed by atoms with Crippen molar-refractivity contribution < 1.29 is 14.7 Å². The molecule has 21 heavy (non-hydrogen) atoms. The van der Waals surface area contributed by atoms with Crippen molar-refractivity contribution in [2.75, 3.05) is 6.54 Å². The number of hydrogen-bond donors (Lipinski definition) is 3. The zero-order valence-electron chi connectivity index (χ0n) is 12.7. The fourth-order valence-corrected chi connectivity index (χ4v) is 1.85. The summed E-state index contributed by atoms with van der Waals surface area (Å²) in [6, 6.07) is -0.291. The number of aryl methyl sites for hydroxylation is 2. The fourth-order valence-electron chi connectivity index (χ4n) is 1.85. The molecule has 0 saturated heterocycles. The van der Waals surface area contributed by atoms with Crippen LogP contribution >= 0.6 is 0 Å². The number of hydrogen-bond acceptors (Lipinski definition) is 3. The molecule has 118 valence electrons. The number of rotatable bonds is 9. The number of amides is 2. The van der Waals surface area contributed by atoms with Gasteiger partial charge in [0.1, 0.15) is 0 Å². The van der Waals surface area contributed by atoms with E-state index in [1.807, 2.05) is 17.8 Å². The Bertz CT molecular complexity index is 471. The first-order valence-corrected chi connectivity index (χ1v) is 7.29. The van der Waals surface area contributed by atoms with Gasteiger partial charge in [0.15, 0.2) is 0 Å². The molecule has 3 N–H and O–H groups in total. The number of aliphatic carboxylic acids is 1. The molecule has 2 amide bonds. The largest absolute Gasteiger partial charge is 0.481 e. The molecular weight excluding hydrogens is 272 g/mol. The van der Waals surface area contributed by atoms with Gasteiger partial charge in [-0.25, -0.2) is 4.79 Å². The first-order valence-electron chi connectivity index (χ1n) is 7.29. The highest BCUT2D eigenvalue weighted by molar-refractivity contribution is 5.73. The normalized spacial score (nSPS) is 10.4. The molecule has 0 spiro atoms. The zero-order chi connectivity index (χ0) is 15.7. The van der Waals surface area contributed by atoms with Crippen molar-refractivity contribution in [2.45, 2.75) is 52.6 Å². The number of carboxylic acids is 1. The molecule has 1 aromatic rings. The second kappa shape index (κ2) is 8.99. The van der Waals surface area contributed by atoms with Crippen molar-refractivity contribution >= 4 is 12.0 Å². The van der Waals surface area contributed by atoms with Gasteiger partial charge in [0.05, 0.1) is 5.69 Å². The van der Waals surface area contributed by atoms with Crippen molar-refractivity contribution in [1.29, 1.82) is 0 Å². The van der Waals surface area contributed by atoms with Crippen molar-refractivity contribution in [3.8, 4) is 0 Å². The predicted molar refractivity (Wildman–Crippen MR) is 79.0 cm³/mol. The van der Waals surface area contributed by atoms with Crippen LogP contribution in [0.4, 0.5) is 4.79 Å². The van der Waals surface area contributed by atoms with Crippen LogP contribution in [0.3, 0.4) is 0 Å². The lowest BCUT2D eigenvalue weighted by Gasteiger charge is -2.06. The molecule has 0 aliphatic rings. The van der Waals surface area contributed by atoms with Crippen LogP contribution in [0.15, 0.2) is 6.20 Å². The minimum absolute atomic E-state index is 0.0591. The summed E-state index contributed by atoms with van der Waals surface area (Å²) in [6.07, 6.45) is 4.64. The van der Waals surface area contributed by atoms with Crippen LogP contribution in [-0.4, -0.2) is 33.4 Å². The van der Waals surface area contributed by atoms with Crippen LogP contribution < -0.4 is 10.6 Å². The third kappa shape index (κ3) is 6.78. The molecule has 1 rings (SSSR count). The molecule has 0 unspecified atom stereocenters. The summed E-state index contributed by atoms with van der Waals surface area (Å²) in [6.45, 7) is 5.71. The van der Waals surface area contributed by atoms with Crippen molar-refractivity contribution in [1.82, 2.24) is 20.4 Å². The van der Waals surface area contributed by atoms with Crippen LogP contribution in [0.1, 0.15) is 43.9 Å². The Labute approximate surface area is 124 Å². The summed E-state index contributed by atoms with van der Waals surface area (Å²) in [4.78, 5) is 21.9. The molecule has 7 nitrogen and oxygen atoms in total. The molecule has 0 fully saturated rings. The summed E-state index contributed by atoms with van der Waals surface area (Å²) in [5.74, 6) is -0.854. The molecule has 0 atom stereocenters. The topological polar surface area (TPSA) is 96.2 Å². The number of carboxylic acid groups (broad SMARTS) is 1. The monoisotopic (exact) mass is 296 g/mol. The van der Waals surface area contributed by atoms with E-state index in [1.54, 1.807) is 0 Å². The van der Waals surface area contributed by atoms with Crippen molar-refractivity contribution in [3.63, 3.8) is 0 Å². The summed E-state index contributed by atoms with van der Waals surface area (Å²) in [5, 5.41) is 18.3. The van der Waals surface area contributed by atoms with Crippen LogP contribution in [-0.2, 0) is 17.9 Å². The molecular formula is C14H24N4O3. The maximum Gasteiger partial charge on any atom is 0.315 e. The lowest BCUT2D eigenvalue weighted by Crippen LogP contribution is -2.35. The molecule has 0 aliphatic carbocycles. The van der Waals surface area contributed by atoms with Gasteiger partial charge in [-0.3, -0.25) is 9.48 Å². The summed E-state index contributed by atoms with van der Waals surface area (Å²) >= 11 is 0. The molecule has 1 aromatic heterocycles. The van der Waals surface area contributed by atoms with Gasteiger partial charge in [-0.2, -0.15) is 5.10 Å². The minimum Gasteiger partial charge on any atom is -0.481 e. The number of nitrogens with zero attached hydrogens (tertiary/aromatic N) is 2. The van der Waals surface area contributed by atoms with E-state index in [0.29, 0.717) is 19.5 Å². The smallest absolute Gasteiger partial charge is 0.315 e. The van der Waals surface area contributed by atoms with E-state index < -0.39 is 5.97 Å². The number of aromatic nitrogens is 2. The third-order valence-electron chi connectivity index (χ3n) is 3.08. The van der Waals surface area contributed by atoms with E-state index in [-0.39, 0.29) is 12.5 Å². The number of carbonyl (C=O) groups excluding carboxylic acids is 1. The van der Waals surface area contributed by atoms with Crippen LogP contribution in [0.2, 0.25) is 0 Å². The Morgan fingerprint density at radius 2 is 2.10 bits per heavy atom. The first-order chi connectivity index (χ1) is 10.0. The van der Waals surface area contributed by atoms with Crippen LogP contribution in [0.5, 0.6) is 0 Å². The highest BCUT2D eigenvalue weighted by Gasteiger charge is 2.07. The second-order valence-electron chi connectivity index (χ2n) is 4.96. The van der Waals surface area contributed by atoms with E-state index in [0.717, 1.165) is 30.6 Å². The van der Waals surface area contributed by atoms with E-state index in [2.05, 4.69) is 22.7 Å². The number of nitrogens with one attached hydrogen (secondary N) is 2. The molecule has 0 radical (unpaired) electrons. The Kier molecular flexibility index (Phi) is 7.28. The molecule has 0 bridgehead atoms. The number of urea groups is 1. The average molecular weight is 296 g/mol. The Morgan fingerprint density at radius 1 is 1.33 bits per heavy atom. The van der Waals surface area contributed by atoms with Crippen molar-refractivity contribution in [2.24, 2.45) is 0 Å². The van der Waals surface area contributed by atoms with Gasteiger partial charge in [0.2, 0.25) is 0 Å². The predicted octanol–water partition coefficient (Wildman–Crippen LogP) is 1.66. The molecule has 0 aliphatic heterocycles. The minimum atomic E-state index is -0.854. The van der Waals surface area contributed by atoms with Gasteiger partial charge in [0.25, 0.3) is 0 Å². The molecule has 0 saturated carbocycles. The van der Waals surface area contributed by atoms with E-state index in [1.165, 1.54) is 0 Å². The van der Waals surface area contributed by atoms with Gasteiger partial charge >= 0.3 is 12.0 Å². The highest BCUT2D eigenvalue weighted by Crippen LogP contribution is 2.06. The average Bonchev–Trinajstić information content (AvgIpc) is 2.79. The quantitative estimate of drug-likeness (QED) is 0.604. The second-order valence-corrected chi connectivity index (χ2v) is 4.96. The Balaban J connectivity index is 2.29. The summed E-state index contributed by atoms with van der Waals surface area (Å²) < 4.78 is 1.90. The van der Waals surface area contributed by atoms with Gasteiger partial charge in [0, 0.05) is 37.8 Å². The Morgan fingerprint density at radius 3 is 2.76 bits per heavy atom. The van der Waals surface area contributed by atoms with E-state index in [9.17, 15) is 9.59 Å². The molecule has 0 aromatic carbocycles. The molecule has 1 heterocycles. The summed E-state index contributed by atoms with van der Waals surface area (Å²) in [7, 11) is 0. The zero-order valence-corrected chi connectivity index (χ0v) is 12.7. The van der Waals surface area contributed by atoms with Gasteiger partial charge < -0.3 is 15.7 Å².